The lowest BCUT2D eigenvalue weighted by atomic mass is 9.72. The number of ether oxygens (including phenoxy) is 6. The van der Waals surface area contributed by atoms with Gasteiger partial charge in [-0.1, -0.05) is 24.3 Å². The van der Waals surface area contributed by atoms with E-state index < -0.39 is 28.9 Å². The van der Waals surface area contributed by atoms with E-state index in [0.29, 0.717) is 62.9 Å². The van der Waals surface area contributed by atoms with Gasteiger partial charge in [-0.25, -0.2) is 0 Å². The molecule has 0 aliphatic carbocycles. The predicted molar refractivity (Wildman–Crippen MR) is 330 cm³/mol. The van der Waals surface area contributed by atoms with Gasteiger partial charge in [0.15, 0.2) is 0 Å². The molecule has 0 fully saturated rings. The first-order valence-corrected chi connectivity index (χ1v) is 27.3. The molecule has 8 aromatic carbocycles. The van der Waals surface area contributed by atoms with Gasteiger partial charge in [0, 0.05) is 51.9 Å². The van der Waals surface area contributed by atoms with Gasteiger partial charge in [0.05, 0.1) is 39.6 Å². The first-order chi connectivity index (χ1) is 40.5. The number of alkyl halides is 6. The molecule has 0 aliphatic rings. The lowest BCUT2D eigenvalue weighted by molar-refractivity contribution is -0.288. The Kier molecular flexibility index (Phi) is 25.7. The molecule has 16 N–H and O–H groups in total. The Balaban J connectivity index is 0.000000208. The van der Waals surface area contributed by atoms with Crippen LogP contribution in [0.5, 0.6) is 34.5 Å². The zero-order chi connectivity index (χ0) is 61.8. The van der Waals surface area contributed by atoms with E-state index in [1.165, 1.54) is 13.8 Å². The van der Waals surface area contributed by atoms with E-state index in [1.807, 2.05) is 146 Å². The Morgan fingerprint density at radius 2 is 0.471 bits per heavy atom. The average Bonchev–Trinajstić information content (AvgIpc) is 0.845. The van der Waals surface area contributed by atoms with E-state index in [0.717, 1.165) is 131 Å². The van der Waals surface area contributed by atoms with Crippen LogP contribution in [0.15, 0.2) is 182 Å². The van der Waals surface area contributed by atoms with Gasteiger partial charge in [-0.2, -0.15) is 26.3 Å². The van der Waals surface area contributed by atoms with E-state index in [4.69, 9.17) is 74.3 Å². The summed E-state index contributed by atoms with van der Waals surface area (Å²) in [5.74, 6) is 5.06. The van der Waals surface area contributed by atoms with Gasteiger partial charge in [-0.05, 0) is 226 Å². The van der Waals surface area contributed by atoms with Crippen LogP contribution in [0.1, 0.15) is 60.8 Å². The highest BCUT2D eigenvalue weighted by atomic mass is 19.4. The smallest absolute Gasteiger partial charge is 0.411 e. The Labute approximate surface area is 492 Å². The maximum absolute atomic E-state index is 13.9. The number of nitrogen functional groups attached to an aromatic ring is 8. The first kappa shape index (κ1) is 66.3. The molecule has 0 spiro atoms. The van der Waals surface area contributed by atoms with Crippen LogP contribution in [0.4, 0.5) is 71.8 Å². The molecule has 454 valence electrons. The summed E-state index contributed by atoms with van der Waals surface area (Å²) in [4.78, 5) is 0. The van der Waals surface area contributed by atoms with Crippen LogP contribution < -0.4 is 74.3 Å². The molecule has 0 heterocycles. The molecular weight excluding hydrogens is 1100 g/mol. The van der Waals surface area contributed by atoms with Crippen LogP contribution in [0.2, 0.25) is 0 Å². The summed E-state index contributed by atoms with van der Waals surface area (Å²) in [6.07, 6.45) is -5.52. The monoisotopic (exact) mass is 1180 g/mol. The number of halogens is 6. The fourth-order valence-electron chi connectivity index (χ4n) is 7.90. The highest BCUT2D eigenvalue weighted by molar-refractivity contribution is 5.58. The Bertz CT molecular complexity index is 2980. The van der Waals surface area contributed by atoms with Crippen molar-refractivity contribution in [3.8, 4) is 34.5 Å². The molecule has 0 aromatic heterocycles. The summed E-state index contributed by atoms with van der Waals surface area (Å²) in [7, 11) is 0. The maximum atomic E-state index is 13.9. The van der Waals surface area contributed by atoms with Crippen molar-refractivity contribution < 1.29 is 54.8 Å². The van der Waals surface area contributed by atoms with Crippen LogP contribution in [0.25, 0.3) is 0 Å². The van der Waals surface area contributed by atoms with Gasteiger partial charge in [0.25, 0.3) is 0 Å². The molecule has 0 saturated heterocycles. The predicted octanol–water partition coefficient (Wildman–Crippen LogP) is 14.1. The second-order valence-corrected chi connectivity index (χ2v) is 19.5. The number of benzene rings is 8. The molecule has 8 rings (SSSR count). The number of unbranched alkanes of at least 4 members (excludes halogenated alkanes) is 3. The number of aryl methyl sites for hydroxylation is 2. The molecule has 14 nitrogen and oxygen atoms in total. The summed E-state index contributed by atoms with van der Waals surface area (Å²) in [6.45, 7) is 6.98. The second kappa shape index (κ2) is 33.0. The van der Waals surface area contributed by atoms with Crippen LogP contribution in [0, 0.1) is 13.8 Å². The molecule has 0 radical (unpaired) electrons. The van der Waals surface area contributed by atoms with Crippen molar-refractivity contribution in [2.75, 3.05) is 85.5 Å². The van der Waals surface area contributed by atoms with Gasteiger partial charge in [0.2, 0.25) is 5.41 Å². The third-order valence-corrected chi connectivity index (χ3v) is 12.8. The summed E-state index contributed by atoms with van der Waals surface area (Å²) in [6, 6.07) is 49.8. The van der Waals surface area contributed by atoms with E-state index in [1.54, 1.807) is 0 Å². The summed E-state index contributed by atoms with van der Waals surface area (Å²) in [5, 5.41) is 0. The lowest BCUT2D eigenvalue weighted by Gasteiger charge is -2.38. The van der Waals surface area contributed by atoms with Gasteiger partial charge < -0.3 is 74.3 Å². The highest BCUT2D eigenvalue weighted by Crippen LogP contribution is 2.57. The molecule has 20 heteroatoms. The summed E-state index contributed by atoms with van der Waals surface area (Å²) >= 11 is 0. The van der Waals surface area contributed by atoms with E-state index >= 15 is 0 Å². The molecule has 0 bridgehead atoms. The molecule has 8 aromatic rings. The van der Waals surface area contributed by atoms with E-state index in [2.05, 4.69) is 0 Å². The van der Waals surface area contributed by atoms with Gasteiger partial charge in [-0.3, -0.25) is 0 Å². The number of hydrogen-bond acceptors (Lipinski definition) is 14. The molecule has 0 unspecified atom stereocenters. The fourth-order valence-corrected chi connectivity index (χ4v) is 7.90. The summed E-state index contributed by atoms with van der Waals surface area (Å²) < 4.78 is 117. The van der Waals surface area contributed by atoms with Crippen molar-refractivity contribution in [3.63, 3.8) is 0 Å². The molecule has 0 atom stereocenters. The third kappa shape index (κ3) is 22.0. The third-order valence-electron chi connectivity index (χ3n) is 12.8. The van der Waals surface area contributed by atoms with Crippen LogP contribution >= 0.6 is 0 Å². The molecule has 0 amide bonds. The molecule has 0 saturated carbocycles. The SMILES string of the molecule is Cc1ccc(C(c2ccc(C)c(N)c2)(C(F)(F)F)C(F)(F)F)cc1N.Nc1ccc(OCCCCCOc2ccc(N)cc2)cc1.Nc1ccc(OCCCCOc2ccc(N)cc2)cc1.Nc1ccc(OCCCOc2ccc(N)cc2)cc1. The maximum Gasteiger partial charge on any atom is 0.411 e. The quantitative estimate of drug-likeness (QED) is 0.0168. The first-order valence-electron chi connectivity index (χ1n) is 27.3. The molecule has 85 heavy (non-hydrogen) atoms. The summed E-state index contributed by atoms with van der Waals surface area (Å²) in [5.41, 5.74) is 43.5. The van der Waals surface area contributed by atoms with E-state index in [-0.39, 0.29) is 11.4 Å². The minimum atomic E-state index is -5.66. The minimum Gasteiger partial charge on any atom is -0.494 e. The van der Waals surface area contributed by atoms with Crippen LogP contribution in [0.3, 0.4) is 0 Å². The molecule has 0 aliphatic heterocycles. The van der Waals surface area contributed by atoms with Crippen molar-refractivity contribution in [1.82, 2.24) is 0 Å². The fraction of sp³-hybridized carbons (Fsp3) is 0.262. The van der Waals surface area contributed by atoms with Crippen molar-refractivity contribution >= 4 is 45.5 Å². The van der Waals surface area contributed by atoms with Crippen LogP contribution in [-0.2, 0) is 5.41 Å². The zero-order valence-corrected chi connectivity index (χ0v) is 47.6. The van der Waals surface area contributed by atoms with Gasteiger partial charge in [-0.15, -0.1) is 0 Å². The Morgan fingerprint density at radius 1 is 0.271 bits per heavy atom. The van der Waals surface area contributed by atoms with Crippen molar-refractivity contribution in [2.24, 2.45) is 0 Å². The Hall–Kier alpha value is -9.46. The number of rotatable bonds is 23. The van der Waals surface area contributed by atoms with Crippen molar-refractivity contribution in [3.05, 3.63) is 204 Å². The van der Waals surface area contributed by atoms with Gasteiger partial charge in [0.1, 0.15) is 34.5 Å². The van der Waals surface area contributed by atoms with Crippen molar-refractivity contribution in [1.29, 1.82) is 0 Å². The largest absolute Gasteiger partial charge is 0.494 e. The second-order valence-electron chi connectivity index (χ2n) is 19.5. The standard InChI is InChI=1S/C17H16F6N2.C17H22N2O2.C16H20N2O2.C15H18N2O2/c1-9-3-5-11(7-13(9)24)15(16(18,19)20,17(21,22)23)12-6-4-10(2)14(25)8-12;18-14-4-8-16(9-5-14)20-12-2-1-3-13-21-17-10-6-15(19)7-11-17;17-13-3-7-15(8-4-13)19-11-1-2-12-20-16-9-5-14(18)6-10-16;16-12-2-6-14(7-3-12)18-10-1-11-19-15-8-4-13(17)5-9-15/h3-8H,24-25H2,1-2H3;4-11H,1-3,12-13,18-19H2;3-10H,1-2,11-12,17-18H2;2-9H,1,10-11,16-17H2. The van der Waals surface area contributed by atoms with Gasteiger partial charge >= 0.3 is 12.4 Å². The number of nitrogens with two attached hydrogens (primary N) is 8. The van der Waals surface area contributed by atoms with Crippen LogP contribution in [-0.4, -0.2) is 52.0 Å². The Morgan fingerprint density at radius 3 is 0.671 bits per heavy atom. The highest BCUT2D eigenvalue weighted by Gasteiger charge is 2.72. The normalized spacial score (nSPS) is 11.1. The van der Waals surface area contributed by atoms with Crippen molar-refractivity contribution in [2.45, 2.75) is 70.1 Å². The molecular formula is C65H76F6N8O6. The number of hydrogen-bond donors (Lipinski definition) is 8. The number of anilines is 8. The average molecular weight is 1180 g/mol. The lowest BCUT2D eigenvalue weighted by Crippen LogP contribution is -2.54. The zero-order valence-electron chi connectivity index (χ0n) is 47.6. The van der Waals surface area contributed by atoms with E-state index in [9.17, 15) is 26.3 Å². The topological polar surface area (TPSA) is 264 Å². The minimum absolute atomic E-state index is 0.157.